The lowest BCUT2D eigenvalue weighted by molar-refractivity contribution is -0.159. The van der Waals surface area contributed by atoms with Gasteiger partial charge in [-0.05, 0) is 44.9 Å². The van der Waals surface area contributed by atoms with Gasteiger partial charge in [0.2, 0.25) is 0 Å². The highest BCUT2D eigenvalue weighted by molar-refractivity contribution is 4.81. The minimum absolute atomic E-state index is 0.295. The third kappa shape index (κ3) is 3.25. The van der Waals surface area contributed by atoms with Crippen molar-refractivity contribution < 1.29 is 9.47 Å². The topological polar surface area (TPSA) is 21.7 Å². The first-order chi connectivity index (χ1) is 8.59. The largest absolute Gasteiger partial charge is 0.379 e. The molecule has 0 amide bonds. The van der Waals surface area contributed by atoms with E-state index in [4.69, 9.17) is 9.47 Å². The van der Waals surface area contributed by atoms with Gasteiger partial charge in [0.15, 0.2) is 0 Å². The standard InChI is InChI=1S/C15H29NO2/c1-11(2)13-7-9-17-10-14(13)18-15-6-5-8-16(15)12(3)4/h11-15H,5-10H2,1-4H3. The molecule has 106 valence electrons. The van der Waals surface area contributed by atoms with Crippen molar-refractivity contribution in [1.29, 1.82) is 0 Å². The van der Waals surface area contributed by atoms with E-state index in [0.29, 0.717) is 30.2 Å². The van der Waals surface area contributed by atoms with E-state index in [0.717, 1.165) is 19.6 Å². The van der Waals surface area contributed by atoms with Crippen LogP contribution in [0.4, 0.5) is 0 Å². The Labute approximate surface area is 112 Å². The van der Waals surface area contributed by atoms with Crippen molar-refractivity contribution in [3.8, 4) is 0 Å². The highest BCUT2D eigenvalue weighted by Gasteiger charge is 2.35. The molecule has 2 aliphatic heterocycles. The minimum atomic E-state index is 0.295. The van der Waals surface area contributed by atoms with Crippen LogP contribution in [-0.2, 0) is 9.47 Å². The SMILES string of the molecule is CC(C)C1CCOCC1OC1CCCN1C(C)C. The second kappa shape index (κ2) is 6.36. The highest BCUT2D eigenvalue weighted by Crippen LogP contribution is 2.30. The number of likely N-dealkylation sites (tertiary alicyclic amines) is 1. The third-order valence-electron chi connectivity index (χ3n) is 4.44. The van der Waals surface area contributed by atoms with Crippen molar-refractivity contribution in [1.82, 2.24) is 4.90 Å². The van der Waals surface area contributed by atoms with Gasteiger partial charge >= 0.3 is 0 Å². The lowest BCUT2D eigenvalue weighted by Gasteiger charge is -2.38. The number of nitrogens with zero attached hydrogens (tertiary/aromatic N) is 1. The molecule has 2 heterocycles. The van der Waals surface area contributed by atoms with E-state index in [9.17, 15) is 0 Å². The molecule has 0 aromatic rings. The summed E-state index contributed by atoms with van der Waals surface area (Å²) in [4.78, 5) is 2.49. The minimum Gasteiger partial charge on any atom is -0.379 e. The van der Waals surface area contributed by atoms with E-state index in [1.54, 1.807) is 0 Å². The predicted octanol–water partition coefficient (Wildman–Crippen LogP) is 2.89. The van der Waals surface area contributed by atoms with Crippen molar-refractivity contribution in [3.63, 3.8) is 0 Å². The summed E-state index contributed by atoms with van der Waals surface area (Å²) in [6.07, 6.45) is 4.21. The van der Waals surface area contributed by atoms with Gasteiger partial charge < -0.3 is 9.47 Å². The van der Waals surface area contributed by atoms with Gasteiger partial charge in [0.1, 0.15) is 6.23 Å². The monoisotopic (exact) mass is 255 g/mol. The van der Waals surface area contributed by atoms with E-state index in [2.05, 4.69) is 32.6 Å². The summed E-state index contributed by atoms with van der Waals surface area (Å²) in [6.45, 7) is 12.0. The first kappa shape index (κ1) is 14.3. The summed E-state index contributed by atoms with van der Waals surface area (Å²) in [5.41, 5.74) is 0. The molecule has 3 unspecified atom stereocenters. The smallest absolute Gasteiger partial charge is 0.111 e. The van der Waals surface area contributed by atoms with Crippen molar-refractivity contribution in [2.75, 3.05) is 19.8 Å². The van der Waals surface area contributed by atoms with Crippen LogP contribution < -0.4 is 0 Å². The highest BCUT2D eigenvalue weighted by atomic mass is 16.6. The molecular formula is C15H29NO2. The average Bonchev–Trinajstić information content (AvgIpc) is 2.77. The molecule has 0 radical (unpaired) electrons. The number of hydrogen-bond acceptors (Lipinski definition) is 3. The van der Waals surface area contributed by atoms with E-state index in [1.807, 2.05) is 0 Å². The lowest BCUT2D eigenvalue weighted by atomic mass is 9.86. The molecule has 0 saturated carbocycles. The molecule has 18 heavy (non-hydrogen) atoms. The van der Waals surface area contributed by atoms with Crippen molar-refractivity contribution in [3.05, 3.63) is 0 Å². The van der Waals surface area contributed by atoms with Crippen LogP contribution in [0.1, 0.15) is 47.0 Å². The second-order valence-electron chi connectivity index (χ2n) is 6.37. The molecule has 0 bridgehead atoms. The Hall–Kier alpha value is -0.120. The zero-order valence-corrected chi connectivity index (χ0v) is 12.4. The van der Waals surface area contributed by atoms with Gasteiger partial charge in [0.05, 0.1) is 12.7 Å². The van der Waals surface area contributed by atoms with Crippen LogP contribution in [0.5, 0.6) is 0 Å². The zero-order chi connectivity index (χ0) is 13.1. The molecule has 2 fully saturated rings. The van der Waals surface area contributed by atoms with Crippen LogP contribution in [0, 0.1) is 11.8 Å². The molecule has 3 heteroatoms. The van der Waals surface area contributed by atoms with Gasteiger partial charge in [0.25, 0.3) is 0 Å². The Bertz CT molecular complexity index is 255. The molecule has 2 saturated heterocycles. The molecule has 2 aliphatic rings. The second-order valence-corrected chi connectivity index (χ2v) is 6.37. The van der Waals surface area contributed by atoms with Crippen LogP contribution in [-0.4, -0.2) is 43.0 Å². The molecular weight excluding hydrogens is 226 g/mol. The maximum atomic E-state index is 6.40. The first-order valence-electron chi connectivity index (χ1n) is 7.58. The van der Waals surface area contributed by atoms with Gasteiger partial charge in [-0.1, -0.05) is 13.8 Å². The summed E-state index contributed by atoms with van der Waals surface area (Å²) in [5, 5.41) is 0. The maximum Gasteiger partial charge on any atom is 0.111 e. The van der Waals surface area contributed by atoms with Crippen LogP contribution in [0.25, 0.3) is 0 Å². The molecule has 0 aromatic carbocycles. The van der Waals surface area contributed by atoms with Crippen LogP contribution in [0.3, 0.4) is 0 Å². The van der Waals surface area contributed by atoms with Gasteiger partial charge in [-0.15, -0.1) is 0 Å². The van der Waals surface area contributed by atoms with Crippen molar-refractivity contribution in [2.45, 2.75) is 65.3 Å². The molecule has 0 N–H and O–H groups in total. The Morgan fingerprint density at radius 1 is 1.17 bits per heavy atom. The third-order valence-corrected chi connectivity index (χ3v) is 4.44. The Morgan fingerprint density at radius 2 is 1.94 bits per heavy atom. The molecule has 2 rings (SSSR count). The number of hydrogen-bond donors (Lipinski definition) is 0. The van der Waals surface area contributed by atoms with Crippen LogP contribution in [0.15, 0.2) is 0 Å². The predicted molar refractivity (Wildman–Crippen MR) is 73.5 cm³/mol. The van der Waals surface area contributed by atoms with Crippen molar-refractivity contribution in [2.24, 2.45) is 11.8 Å². The molecule has 0 aliphatic carbocycles. The fraction of sp³-hybridized carbons (Fsp3) is 1.00. The number of rotatable bonds is 4. The van der Waals surface area contributed by atoms with Crippen molar-refractivity contribution >= 4 is 0 Å². The Balaban J connectivity index is 1.94. The maximum absolute atomic E-state index is 6.40. The molecule has 3 nitrogen and oxygen atoms in total. The first-order valence-corrected chi connectivity index (χ1v) is 7.58. The van der Waals surface area contributed by atoms with Gasteiger partial charge in [-0.3, -0.25) is 4.90 Å². The summed E-state index contributed by atoms with van der Waals surface area (Å²) >= 11 is 0. The van der Waals surface area contributed by atoms with Crippen LogP contribution >= 0.6 is 0 Å². The average molecular weight is 255 g/mol. The normalized spacial score (nSPS) is 34.7. The van der Waals surface area contributed by atoms with Gasteiger partial charge in [0, 0.05) is 19.2 Å². The fourth-order valence-corrected chi connectivity index (χ4v) is 3.33. The molecule has 0 aromatic heterocycles. The molecule has 0 spiro atoms. The van der Waals surface area contributed by atoms with Gasteiger partial charge in [-0.25, -0.2) is 0 Å². The summed E-state index contributed by atoms with van der Waals surface area (Å²) in [6, 6.07) is 0.583. The Kier molecular flexibility index (Phi) is 5.05. The number of ether oxygens (including phenoxy) is 2. The van der Waals surface area contributed by atoms with E-state index >= 15 is 0 Å². The fourth-order valence-electron chi connectivity index (χ4n) is 3.33. The lowest BCUT2D eigenvalue weighted by Crippen LogP contribution is -2.45. The van der Waals surface area contributed by atoms with E-state index in [1.165, 1.54) is 19.4 Å². The molecule has 3 atom stereocenters. The Morgan fingerprint density at radius 3 is 2.61 bits per heavy atom. The summed E-state index contributed by atoms with van der Waals surface area (Å²) in [5.74, 6) is 1.35. The quantitative estimate of drug-likeness (QED) is 0.771. The van der Waals surface area contributed by atoms with Crippen LogP contribution in [0.2, 0.25) is 0 Å². The van der Waals surface area contributed by atoms with E-state index < -0.39 is 0 Å². The summed E-state index contributed by atoms with van der Waals surface area (Å²) in [7, 11) is 0. The van der Waals surface area contributed by atoms with E-state index in [-0.39, 0.29) is 0 Å². The zero-order valence-electron chi connectivity index (χ0n) is 12.4. The van der Waals surface area contributed by atoms with Gasteiger partial charge in [-0.2, -0.15) is 0 Å². The summed E-state index contributed by atoms with van der Waals surface area (Å²) < 4.78 is 12.0.